The van der Waals surface area contributed by atoms with Crippen LogP contribution in [0, 0.1) is 0 Å². The molecule has 0 spiro atoms. The molecule has 0 aromatic carbocycles. The van der Waals surface area contributed by atoms with Crippen LogP contribution in [0.1, 0.15) is 32.6 Å². The smallest absolute Gasteiger partial charge is 0.185 e. The van der Waals surface area contributed by atoms with Crippen LogP contribution < -0.4 is 10.2 Å². The lowest BCUT2D eigenvalue weighted by Gasteiger charge is -2.26. The molecule has 0 radical (unpaired) electrons. The molecule has 5 heteroatoms. The van der Waals surface area contributed by atoms with E-state index in [9.17, 15) is 0 Å². The summed E-state index contributed by atoms with van der Waals surface area (Å²) >= 11 is 1.76. The van der Waals surface area contributed by atoms with Crippen molar-refractivity contribution in [3.8, 4) is 0 Å². The number of aromatic nitrogens is 1. The van der Waals surface area contributed by atoms with Gasteiger partial charge >= 0.3 is 0 Å². The first kappa shape index (κ1) is 15.4. The van der Waals surface area contributed by atoms with Crippen molar-refractivity contribution in [2.75, 3.05) is 25.2 Å². The van der Waals surface area contributed by atoms with Gasteiger partial charge in [0.1, 0.15) is 0 Å². The molecule has 1 aromatic heterocycles. The van der Waals surface area contributed by atoms with E-state index in [2.05, 4.69) is 42.9 Å². The summed E-state index contributed by atoms with van der Waals surface area (Å²) in [4.78, 5) is 8.08. The fraction of sp³-hybridized carbons (Fsp3) is 0.769. The van der Waals surface area contributed by atoms with Gasteiger partial charge < -0.3 is 15.0 Å². The molecule has 0 saturated heterocycles. The Balaban J connectivity index is 2.64. The highest BCUT2D eigenvalue weighted by atomic mass is 32.1. The molecule has 0 bridgehead atoms. The van der Waals surface area contributed by atoms with Gasteiger partial charge in [-0.3, -0.25) is 0 Å². The fourth-order valence-electron chi connectivity index (χ4n) is 1.78. The van der Waals surface area contributed by atoms with Crippen LogP contribution in [0.15, 0.2) is 6.20 Å². The summed E-state index contributed by atoms with van der Waals surface area (Å²) < 4.78 is 5.22. The summed E-state index contributed by atoms with van der Waals surface area (Å²) in [5, 5.41) is 4.50. The molecular weight excluding hydrogens is 246 g/mol. The summed E-state index contributed by atoms with van der Waals surface area (Å²) in [7, 11) is 1.74. The number of hydrogen-bond donors (Lipinski definition) is 1. The van der Waals surface area contributed by atoms with E-state index in [4.69, 9.17) is 4.74 Å². The number of ether oxygens (including phenoxy) is 1. The second kappa shape index (κ2) is 7.71. The average Bonchev–Trinajstić information content (AvgIpc) is 2.76. The highest BCUT2D eigenvalue weighted by molar-refractivity contribution is 7.15. The number of anilines is 1. The van der Waals surface area contributed by atoms with Crippen LogP contribution in [0.4, 0.5) is 5.13 Å². The number of nitrogens with one attached hydrogen (secondary N) is 1. The van der Waals surface area contributed by atoms with Gasteiger partial charge in [-0.25, -0.2) is 4.98 Å². The minimum Gasteiger partial charge on any atom is -0.383 e. The standard InChI is InChI=1S/C13H25N3OS/c1-6-16(11(4)9-17-5)13-15-8-12(18-13)7-14-10(2)3/h8,10-11,14H,6-7,9H2,1-5H3. The lowest BCUT2D eigenvalue weighted by Crippen LogP contribution is -2.35. The Kier molecular flexibility index (Phi) is 6.60. The molecule has 0 fully saturated rings. The predicted octanol–water partition coefficient (Wildman–Crippen LogP) is 2.50. The molecule has 0 aliphatic rings. The van der Waals surface area contributed by atoms with Crippen LogP contribution in [0.5, 0.6) is 0 Å². The van der Waals surface area contributed by atoms with E-state index in [-0.39, 0.29) is 0 Å². The van der Waals surface area contributed by atoms with E-state index in [0.717, 1.165) is 24.8 Å². The van der Waals surface area contributed by atoms with Gasteiger partial charge in [0, 0.05) is 37.3 Å². The van der Waals surface area contributed by atoms with Crippen LogP contribution in [0.3, 0.4) is 0 Å². The Hall–Kier alpha value is -0.650. The van der Waals surface area contributed by atoms with Gasteiger partial charge in [-0.05, 0) is 13.8 Å². The number of rotatable bonds is 8. The molecule has 1 N–H and O–H groups in total. The second-order valence-corrected chi connectivity index (χ2v) is 5.83. The summed E-state index contributed by atoms with van der Waals surface area (Å²) in [6, 6.07) is 0.863. The van der Waals surface area contributed by atoms with Gasteiger partial charge in [0.2, 0.25) is 0 Å². The summed E-state index contributed by atoms with van der Waals surface area (Å²) in [6.07, 6.45) is 1.97. The number of nitrogens with zero attached hydrogens (tertiary/aromatic N) is 2. The van der Waals surface area contributed by atoms with Crippen molar-refractivity contribution >= 4 is 16.5 Å². The minimum atomic E-state index is 0.358. The van der Waals surface area contributed by atoms with Gasteiger partial charge in [-0.2, -0.15) is 0 Å². The molecule has 1 unspecified atom stereocenters. The molecule has 0 aliphatic carbocycles. The molecule has 4 nitrogen and oxygen atoms in total. The zero-order valence-electron chi connectivity index (χ0n) is 12.1. The van der Waals surface area contributed by atoms with E-state index in [1.807, 2.05) is 6.20 Å². The van der Waals surface area contributed by atoms with Crippen molar-refractivity contribution in [3.05, 3.63) is 11.1 Å². The Morgan fingerprint density at radius 1 is 1.44 bits per heavy atom. The van der Waals surface area contributed by atoms with Crippen molar-refractivity contribution in [2.24, 2.45) is 0 Å². The van der Waals surface area contributed by atoms with E-state index in [1.54, 1.807) is 18.4 Å². The van der Waals surface area contributed by atoms with Crippen molar-refractivity contribution in [2.45, 2.75) is 46.3 Å². The molecule has 1 heterocycles. The van der Waals surface area contributed by atoms with Gasteiger partial charge in [-0.15, -0.1) is 11.3 Å². The average molecular weight is 271 g/mol. The molecule has 0 saturated carbocycles. The zero-order chi connectivity index (χ0) is 13.5. The molecule has 18 heavy (non-hydrogen) atoms. The van der Waals surface area contributed by atoms with Gasteiger partial charge in [0.25, 0.3) is 0 Å². The molecule has 0 aliphatic heterocycles. The van der Waals surface area contributed by atoms with E-state index in [1.165, 1.54) is 4.88 Å². The maximum absolute atomic E-state index is 5.22. The second-order valence-electron chi connectivity index (χ2n) is 4.74. The quantitative estimate of drug-likeness (QED) is 0.788. The van der Waals surface area contributed by atoms with Crippen LogP contribution >= 0.6 is 11.3 Å². The number of hydrogen-bond acceptors (Lipinski definition) is 5. The maximum atomic E-state index is 5.22. The van der Waals surface area contributed by atoms with Crippen LogP contribution in [-0.4, -0.2) is 37.3 Å². The highest BCUT2D eigenvalue weighted by Gasteiger charge is 2.16. The lowest BCUT2D eigenvalue weighted by atomic mass is 10.3. The molecule has 1 rings (SSSR count). The third kappa shape index (κ3) is 4.55. The first-order valence-corrected chi connectivity index (χ1v) is 7.33. The van der Waals surface area contributed by atoms with E-state index >= 15 is 0 Å². The van der Waals surface area contributed by atoms with Crippen LogP contribution in [0.25, 0.3) is 0 Å². The topological polar surface area (TPSA) is 37.4 Å². The molecule has 104 valence electrons. The SMILES string of the molecule is CCN(c1ncc(CNC(C)C)s1)C(C)COC. The Bertz CT molecular complexity index is 341. The number of likely N-dealkylation sites (N-methyl/N-ethyl adjacent to an activating group) is 1. The van der Waals surface area contributed by atoms with E-state index in [0.29, 0.717) is 12.1 Å². The first-order valence-electron chi connectivity index (χ1n) is 6.52. The van der Waals surface area contributed by atoms with Crippen molar-refractivity contribution in [1.29, 1.82) is 0 Å². The van der Waals surface area contributed by atoms with E-state index < -0.39 is 0 Å². The van der Waals surface area contributed by atoms with Gasteiger partial charge in [0.05, 0.1) is 12.6 Å². The molecular formula is C13H25N3OS. The van der Waals surface area contributed by atoms with Crippen LogP contribution in [0.2, 0.25) is 0 Å². The van der Waals surface area contributed by atoms with Crippen molar-refractivity contribution < 1.29 is 4.74 Å². The first-order chi connectivity index (χ1) is 8.58. The third-order valence-corrected chi connectivity index (χ3v) is 3.79. The normalized spacial score (nSPS) is 13.0. The number of methoxy groups -OCH3 is 1. The highest BCUT2D eigenvalue weighted by Crippen LogP contribution is 2.24. The predicted molar refractivity (Wildman–Crippen MR) is 78.4 cm³/mol. The molecule has 0 amide bonds. The lowest BCUT2D eigenvalue weighted by molar-refractivity contribution is 0.182. The van der Waals surface area contributed by atoms with Crippen molar-refractivity contribution in [1.82, 2.24) is 10.3 Å². The molecule has 1 atom stereocenters. The summed E-state index contributed by atoms with van der Waals surface area (Å²) in [5.41, 5.74) is 0. The Morgan fingerprint density at radius 3 is 2.72 bits per heavy atom. The molecule has 1 aromatic rings. The summed E-state index contributed by atoms with van der Waals surface area (Å²) in [6.45, 7) is 11.2. The monoisotopic (exact) mass is 271 g/mol. The van der Waals surface area contributed by atoms with Gasteiger partial charge in [0.15, 0.2) is 5.13 Å². The Labute approximate surface area is 114 Å². The fourth-order valence-corrected chi connectivity index (χ4v) is 2.81. The van der Waals surface area contributed by atoms with Gasteiger partial charge in [-0.1, -0.05) is 13.8 Å². The zero-order valence-corrected chi connectivity index (χ0v) is 12.9. The maximum Gasteiger partial charge on any atom is 0.185 e. The van der Waals surface area contributed by atoms with Crippen molar-refractivity contribution in [3.63, 3.8) is 0 Å². The minimum absolute atomic E-state index is 0.358. The third-order valence-electron chi connectivity index (χ3n) is 2.75. The summed E-state index contributed by atoms with van der Waals surface area (Å²) in [5.74, 6) is 0. The number of thiazole rings is 1. The Morgan fingerprint density at radius 2 is 2.17 bits per heavy atom. The van der Waals surface area contributed by atoms with Crippen LogP contribution in [-0.2, 0) is 11.3 Å². The largest absolute Gasteiger partial charge is 0.383 e.